The van der Waals surface area contributed by atoms with E-state index in [2.05, 4.69) is 15.4 Å². The van der Waals surface area contributed by atoms with Crippen molar-refractivity contribution in [3.8, 4) is 0 Å². The minimum absolute atomic E-state index is 0.179. The Kier molecular flexibility index (Phi) is 2.82. The van der Waals surface area contributed by atoms with E-state index in [4.69, 9.17) is 5.84 Å². The molecule has 5 nitrogen and oxygen atoms in total. The molecule has 0 spiro atoms. The highest BCUT2D eigenvalue weighted by Gasteiger charge is 1.97. The molecule has 1 heterocycles. The lowest BCUT2D eigenvalue weighted by atomic mass is 10.3. The molecule has 1 aromatic heterocycles. The summed E-state index contributed by atoms with van der Waals surface area (Å²) in [4.78, 5) is 17.6. The van der Waals surface area contributed by atoms with Crippen molar-refractivity contribution in [1.82, 2.24) is 9.97 Å². The first-order valence-corrected chi connectivity index (χ1v) is 3.83. The molecule has 0 unspecified atom stereocenters. The predicted octanol–water partition coefficient (Wildman–Crippen LogP) is 0.00800. The molecule has 0 atom stereocenters. The summed E-state index contributed by atoms with van der Waals surface area (Å²) in [5, 5.41) is 0. The molecule has 5 heteroatoms. The highest BCUT2D eigenvalue weighted by molar-refractivity contribution is 5.30. The third-order valence-electron chi connectivity index (χ3n) is 1.43. The first-order valence-electron chi connectivity index (χ1n) is 3.83. The van der Waals surface area contributed by atoms with Gasteiger partial charge in [0, 0.05) is 12.5 Å². The summed E-state index contributed by atoms with van der Waals surface area (Å²) in [6.45, 7) is 2.02. The Hall–Kier alpha value is -1.36. The Morgan fingerprint density at radius 2 is 2.50 bits per heavy atom. The number of aryl methyl sites for hydroxylation is 1. The minimum atomic E-state index is -0.179. The van der Waals surface area contributed by atoms with Crippen LogP contribution in [0.15, 0.2) is 10.9 Å². The number of nitrogen functional groups attached to an aromatic ring is 1. The molecule has 12 heavy (non-hydrogen) atoms. The van der Waals surface area contributed by atoms with Crippen molar-refractivity contribution >= 4 is 5.82 Å². The van der Waals surface area contributed by atoms with E-state index in [9.17, 15) is 4.79 Å². The van der Waals surface area contributed by atoms with E-state index in [0.717, 1.165) is 12.8 Å². The molecular weight excluding hydrogens is 156 g/mol. The first kappa shape index (κ1) is 8.73. The third-order valence-corrected chi connectivity index (χ3v) is 1.43. The van der Waals surface area contributed by atoms with Crippen molar-refractivity contribution in [3.05, 3.63) is 22.2 Å². The second-order valence-electron chi connectivity index (χ2n) is 2.47. The lowest BCUT2D eigenvalue weighted by molar-refractivity contribution is 0.826. The number of rotatable bonds is 3. The van der Waals surface area contributed by atoms with E-state index < -0.39 is 0 Å². The zero-order chi connectivity index (χ0) is 8.97. The Morgan fingerprint density at radius 3 is 3.08 bits per heavy atom. The highest BCUT2D eigenvalue weighted by atomic mass is 16.1. The second kappa shape index (κ2) is 3.87. The molecule has 0 fully saturated rings. The summed E-state index contributed by atoms with van der Waals surface area (Å²) in [7, 11) is 0. The van der Waals surface area contributed by atoms with Crippen LogP contribution in [0.1, 0.15) is 19.2 Å². The molecule has 0 amide bonds. The van der Waals surface area contributed by atoms with Gasteiger partial charge in [-0.15, -0.1) is 0 Å². The Balaban J connectivity index is 2.98. The van der Waals surface area contributed by atoms with Crippen LogP contribution in [-0.2, 0) is 6.42 Å². The van der Waals surface area contributed by atoms with E-state index in [0.29, 0.717) is 11.6 Å². The van der Waals surface area contributed by atoms with Gasteiger partial charge in [-0.3, -0.25) is 4.79 Å². The number of aromatic nitrogens is 2. The van der Waals surface area contributed by atoms with Crippen LogP contribution >= 0.6 is 0 Å². The molecule has 0 radical (unpaired) electrons. The molecule has 0 saturated heterocycles. The SMILES string of the molecule is CCCc1nc(NN)cc(=O)[nH]1. The van der Waals surface area contributed by atoms with Crippen LogP contribution in [0.5, 0.6) is 0 Å². The van der Waals surface area contributed by atoms with Gasteiger partial charge in [-0.1, -0.05) is 6.92 Å². The number of nitrogens with one attached hydrogen (secondary N) is 2. The third kappa shape index (κ3) is 2.06. The summed E-state index contributed by atoms with van der Waals surface area (Å²) < 4.78 is 0. The van der Waals surface area contributed by atoms with Gasteiger partial charge < -0.3 is 10.4 Å². The maximum absolute atomic E-state index is 11.0. The van der Waals surface area contributed by atoms with Crippen molar-refractivity contribution in [2.45, 2.75) is 19.8 Å². The molecule has 66 valence electrons. The van der Waals surface area contributed by atoms with Crippen molar-refractivity contribution in [2.75, 3.05) is 5.43 Å². The van der Waals surface area contributed by atoms with E-state index >= 15 is 0 Å². The van der Waals surface area contributed by atoms with Crippen molar-refractivity contribution in [2.24, 2.45) is 5.84 Å². The molecule has 0 aliphatic rings. The normalized spacial score (nSPS) is 9.83. The molecular formula is C7H12N4O. The Bertz CT molecular complexity index is 307. The van der Waals surface area contributed by atoms with Gasteiger partial charge in [0.15, 0.2) is 0 Å². The number of hydrazine groups is 1. The van der Waals surface area contributed by atoms with E-state index in [1.165, 1.54) is 6.07 Å². The summed E-state index contributed by atoms with van der Waals surface area (Å²) in [6, 6.07) is 1.32. The number of hydrogen-bond acceptors (Lipinski definition) is 4. The molecule has 0 bridgehead atoms. The molecule has 0 saturated carbocycles. The lowest BCUT2D eigenvalue weighted by Gasteiger charge is -2.00. The largest absolute Gasteiger partial charge is 0.310 e. The van der Waals surface area contributed by atoms with Crippen LogP contribution in [0.3, 0.4) is 0 Å². The monoisotopic (exact) mass is 168 g/mol. The molecule has 1 aromatic rings. The standard InChI is InChI=1S/C7H12N4O/c1-2-3-5-9-6(11-8)4-7(12)10-5/h4H,2-3,8H2,1H3,(H2,9,10,11,12). The number of nitrogens with two attached hydrogens (primary N) is 1. The number of nitrogens with zero attached hydrogens (tertiary/aromatic N) is 1. The van der Waals surface area contributed by atoms with Gasteiger partial charge in [-0.25, -0.2) is 10.8 Å². The van der Waals surface area contributed by atoms with Gasteiger partial charge in [0.25, 0.3) is 5.56 Å². The molecule has 0 aromatic carbocycles. The minimum Gasteiger partial charge on any atom is -0.310 e. The predicted molar refractivity (Wildman–Crippen MR) is 46.7 cm³/mol. The Morgan fingerprint density at radius 1 is 1.75 bits per heavy atom. The number of aromatic amines is 1. The topological polar surface area (TPSA) is 83.8 Å². The maximum atomic E-state index is 11.0. The van der Waals surface area contributed by atoms with Crippen LogP contribution in [0.4, 0.5) is 5.82 Å². The van der Waals surface area contributed by atoms with Gasteiger partial charge in [-0.2, -0.15) is 0 Å². The van der Waals surface area contributed by atoms with Gasteiger partial charge in [0.2, 0.25) is 0 Å². The van der Waals surface area contributed by atoms with Crippen LogP contribution in [0.25, 0.3) is 0 Å². The average molecular weight is 168 g/mol. The number of anilines is 1. The van der Waals surface area contributed by atoms with Gasteiger partial charge in [0.1, 0.15) is 11.6 Å². The second-order valence-corrected chi connectivity index (χ2v) is 2.47. The molecule has 0 aliphatic heterocycles. The van der Waals surface area contributed by atoms with E-state index in [1.807, 2.05) is 6.92 Å². The average Bonchev–Trinajstić information content (AvgIpc) is 2.04. The van der Waals surface area contributed by atoms with Crippen molar-refractivity contribution in [3.63, 3.8) is 0 Å². The quantitative estimate of drug-likeness (QED) is 0.438. The lowest BCUT2D eigenvalue weighted by Crippen LogP contribution is -2.16. The van der Waals surface area contributed by atoms with Gasteiger partial charge in [0.05, 0.1) is 0 Å². The van der Waals surface area contributed by atoms with Crippen molar-refractivity contribution in [1.29, 1.82) is 0 Å². The summed E-state index contributed by atoms with van der Waals surface area (Å²) in [5.74, 6) is 6.19. The van der Waals surface area contributed by atoms with Gasteiger partial charge in [-0.05, 0) is 6.42 Å². The summed E-state index contributed by atoms with van der Waals surface area (Å²) in [6.07, 6.45) is 1.70. The summed E-state index contributed by atoms with van der Waals surface area (Å²) >= 11 is 0. The fourth-order valence-electron chi connectivity index (χ4n) is 0.937. The highest BCUT2D eigenvalue weighted by Crippen LogP contribution is 1.97. The first-order chi connectivity index (χ1) is 5.76. The zero-order valence-corrected chi connectivity index (χ0v) is 6.92. The van der Waals surface area contributed by atoms with E-state index in [-0.39, 0.29) is 5.56 Å². The molecule has 0 aliphatic carbocycles. The van der Waals surface area contributed by atoms with Crippen LogP contribution in [-0.4, -0.2) is 9.97 Å². The Labute approximate surface area is 70.0 Å². The van der Waals surface area contributed by atoms with Crippen LogP contribution in [0, 0.1) is 0 Å². The maximum Gasteiger partial charge on any atom is 0.253 e. The smallest absolute Gasteiger partial charge is 0.253 e. The fraction of sp³-hybridized carbons (Fsp3) is 0.429. The van der Waals surface area contributed by atoms with Crippen LogP contribution < -0.4 is 16.8 Å². The van der Waals surface area contributed by atoms with E-state index in [1.54, 1.807) is 0 Å². The molecule has 1 rings (SSSR count). The number of hydrogen-bond donors (Lipinski definition) is 3. The fourth-order valence-corrected chi connectivity index (χ4v) is 0.937. The summed E-state index contributed by atoms with van der Waals surface area (Å²) in [5.41, 5.74) is 2.16. The van der Waals surface area contributed by atoms with Crippen molar-refractivity contribution < 1.29 is 0 Å². The number of H-pyrrole nitrogens is 1. The zero-order valence-electron chi connectivity index (χ0n) is 6.92. The van der Waals surface area contributed by atoms with Crippen LogP contribution in [0.2, 0.25) is 0 Å². The van der Waals surface area contributed by atoms with Gasteiger partial charge >= 0.3 is 0 Å². The molecule has 4 N–H and O–H groups in total.